The first kappa shape index (κ1) is 124. The molecule has 0 spiro atoms. The van der Waals surface area contributed by atoms with E-state index < -0.39 is 10.2 Å². The monoisotopic (exact) mass is 314 g/mol. The van der Waals surface area contributed by atoms with E-state index in [1.54, 1.807) is 0 Å². The van der Waals surface area contributed by atoms with Crippen LogP contribution in [0.3, 0.4) is 0 Å². The van der Waals surface area contributed by atoms with Crippen LogP contribution in [0.1, 0.15) is 0 Å². The van der Waals surface area contributed by atoms with E-state index in [0.29, 0.717) is 0 Å². The van der Waals surface area contributed by atoms with Crippen LogP contribution in [-0.2, 0) is 19.5 Å². The van der Waals surface area contributed by atoms with Gasteiger partial charge in [0.2, 0.25) is 0 Å². The molecule has 0 amide bonds. The fraction of sp³-hybridized carbons (Fsp3) is 0. The molecule has 0 aliphatic heterocycles. The van der Waals surface area contributed by atoms with Crippen LogP contribution in [0, 0.1) is 30.6 Å². The minimum Gasteiger partial charge on any atom is -0.412 e. The van der Waals surface area contributed by atoms with E-state index in [4.69, 9.17) is 30.6 Å². The average Bonchev–Trinajstić information content (AvgIpc) is 1.25. The van der Waals surface area contributed by atoms with Crippen LogP contribution in [0.2, 0.25) is 0 Å². The van der Waals surface area contributed by atoms with Gasteiger partial charge in [-0.3, -0.25) is 0 Å². The number of nitrogens with zero attached hydrogens (tertiary/aromatic N) is 2. The molecule has 0 heterocycles. The smallest absolute Gasteiger partial charge is 0.412 e. The van der Waals surface area contributed by atoms with Crippen molar-refractivity contribution in [2.24, 2.45) is 0 Å². The number of hydrogen-bond acceptors (Lipinski definition) is 6. The van der Waals surface area contributed by atoms with Crippen molar-refractivity contribution in [1.29, 1.82) is 0 Å². The fourth-order valence-corrected chi connectivity index (χ4v) is 0. The molecule has 0 rings (SSSR count). The molecule has 0 radical (unpaired) electrons. The van der Waals surface area contributed by atoms with Gasteiger partial charge in [0.25, 0.3) is 0 Å². The molecule has 0 fully saturated rings. The maximum atomic E-state index is 8.25. The van der Waals surface area contributed by atoms with Gasteiger partial charge in [0.05, 0.1) is 10.2 Å². The third-order valence-electron chi connectivity index (χ3n) is 0. The average molecular weight is 316 g/mol. The van der Waals surface area contributed by atoms with E-state index in [2.05, 4.69) is 0 Å². The normalized spacial score (nSPS) is 3.00. The summed E-state index contributed by atoms with van der Waals surface area (Å²) in [6.07, 6.45) is 0. The largest absolute Gasteiger partial charge is 2.00 e. The van der Waals surface area contributed by atoms with Gasteiger partial charge in [0.15, 0.2) is 0 Å². The van der Waals surface area contributed by atoms with Gasteiger partial charge < -0.3 is 69.0 Å². The summed E-state index contributed by atoms with van der Waals surface area (Å²) in [4.78, 5) is 16.5. The molecule has 0 aromatic carbocycles. The Balaban J connectivity index is -0.00000000375. The first-order chi connectivity index (χ1) is 3.46. The van der Waals surface area contributed by atoms with Gasteiger partial charge in [0, 0.05) is 0 Å². The molecule has 16 heteroatoms. The minimum atomic E-state index is -1.75. The second kappa shape index (κ2) is 99.2. The van der Waals surface area contributed by atoms with Crippen molar-refractivity contribution in [3.63, 3.8) is 0 Å². The first-order valence-electron chi connectivity index (χ1n) is 1.10. The summed E-state index contributed by atoms with van der Waals surface area (Å²) in [5.41, 5.74) is 0. The van der Waals surface area contributed by atoms with Crippen LogP contribution in [0.5, 0.6) is 0 Å². The third kappa shape index (κ3) is 1110. The van der Waals surface area contributed by atoms with Crippen LogP contribution in [0.25, 0.3) is 0 Å². The molecule has 0 unspecified atom stereocenters. The summed E-state index contributed by atoms with van der Waals surface area (Å²) in [7, 11) is 0. The molecule has 0 aliphatic rings. The summed E-state index contributed by atoms with van der Waals surface area (Å²) in [6, 6.07) is 0. The zero-order valence-electron chi connectivity index (χ0n) is 7.55. The van der Waals surface area contributed by atoms with E-state index in [-0.39, 0.29) is 57.8 Å². The summed E-state index contributed by atoms with van der Waals surface area (Å²) < 4.78 is 0. The predicted octanol–water partition coefficient (Wildman–Crippen LogP) is -6.25. The van der Waals surface area contributed by atoms with Crippen LogP contribution < -0.4 is 0 Å². The predicted molar refractivity (Wildman–Crippen MR) is 46.0 cm³/mol. The second-order valence-electron chi connectivity index (χ2n) is 0.447. The molecular formula is H14N2O13Zn. The number of rotatable bonds is 0. The molecule has 0 aromatic heterocycles. The van der Waals surface area contributed by atoms with E-state index >= 15 is 0 Å². The molecule has 14 N–H and O–H groups in total. The Bertz CT molecular complexity index is 71.9. The van der Waals surface area contributed by atoms with E-state index in [1.807, 2.05) is 0 Å². The van der Waals surface area contributed by atoms with E-state index in [1.165, 1.54) is 0 Å². The standard InChI is InChI=1S/2NO3.7H2O.Zn/c2*2-1(3)4;;;;;;;;/h;;7*1H2;/q2*-1;;;;;;;;+2. The van der Waals surface area contributed by atoms with Gasteiger partial charge in [-0.1, -0.05) is 0 Å². The zero-order valence-corrected chi connectivity index (χ0v) is 10.5. The van der Waals surface area contributed by atoms with Gasteiger partial charge in [-0.15, -0.1) is 0 Å². The molecule has 0 atom stereocenters. The van der Waals surface area contributed by atoms with Crippen molar-refractivity contribution in [2.75, 3.05) is 0 Å². The molecule has 0 saturated heterocycles. The van der Waals surface area contributed by atoms with Crippen LogP contribution >= 0.6 is 0 Å². The van der Waals surface area contributed by atoms with Crippen LogP contribution in [0.15, 0.2) is 0 Å². The summed E-state index contributed by atoms with van der Waals surface area (Å²) >= 11 is 0. The van der Waals surface area contributed by atoms with Crippen molar-refractivity contribution < 1.29 is 68.0 Å². The van der Waals surface area contributed by atoms with E-state index in [9.17, 15) is 0 Å². The van der Waals surface area contributed by atoms with Crippen molar-refractivity contribution in [2.45, 2.75) is 0 Å². The van der Waals surface area contributed by atoms with E-state index in [0.717, 1.165) is 0 Å². The van der Waals surface area contributed by atoms with Crippen molar-refractivity contribution in [1.82, 2.24) is 0 Å². The minimum absolute atomic E-state index is 0. The molecule has 15 nitrogen and oxygen atoms in total. The third-order valence-corrected chi connectivity index (χ3v) is 0. The second-order valence-corrected chi connectivity index (χ2v) is 0.447. The van der Waals surface area contributed by atoms with Crippen molar-refractivity contribution >= 4 is 0 Å². The molecule has 0 saturated carbocycles. The first-order valence-corrected chi connectivity index (χ1v) is 1.10. The zero-order chi connectivity index (χ0) is 7.15. The Labute approximate surface area is 99.4 Å². The maximum absolute atomic E-state index is 8.25. The van der Waals surface area contributed by atoms with Crippen molar-refractivity contribution in [3.8, 4) is 0 Å². The topological polar surface area (TPSA) is 353 Å². The molecular weight excluding hydrogens is 301 g/mol. The van der Waals surface area contributed by atoms with Gasteiger partial charge >= 0.3 is 19.5 Å². The number of hydrogen-bond donors (Lipinski definition) is 0. The Hall–Kier alpha value is -1.26. The van der Waals surface area contributed by atoms with Crippen molar-refractivity contribution in [3.05, 3.63) is 30.6 Å². The fourth-order valence-electron chi connectivity index (χ4n) is 0. The summed E-state index contributed by atoms with van der Waals surface area (Å²) in [5, 5.41) is 29.5. The van der Waals surface area contributed by atoms with Gasteiger partial charge in [0.1, 0.15) is 0 Å². The van der Waals surface area contributed by atoms with Gasteiger partial charge in [-0.25, -0.2) is 0 Å². The molecule has 0 bridgehead atoms. The SMILES string of the molecule is O.O.O.O.O.O.O.O=[N+]([O-])[O-].O=[N+]([O-])[O-].[Zn+2]. The maximum Gasteiger partial charge on any atom is 2.00 e. The van der Waals surface area contributed by atoms with Gasteiger partial charge in [-0.05, 0) is 0 Å². The van der Waals surface area contributed by atoms with Crippen LogP contribution in [0.4, 0.5) is 0 Å². The molecule has 0 aromatic rings. The Morgan fingerprint density at radius 3 is 0.500 bits per heavy atom. The molecule has 16 heavy (non-hydrogen) atoms. The Kier molecular flexibility index (Phi) is 767. The summed E-state index contributed by atoms with van der Waals surface area (Å²) in [5.74, 6) is 0. The van der Waals surface area contributed by atoms with Crippen LogP contribution in [-0.4, -0.2) is 48.5 Å². The quantitative estimate of drug-likeness (QED) is 0.237. The summed E-state index contributed by atoms with van der Waals surface area (Å²) in [6.45, 7) is 0. The Morgan fingerprint density at radius 2 is 0.500 bits per heavy atom. The Morgan fingerprint density at radius 1 is 0.500 bits per heavy atom. The molecule has 0 aliphatic carbocycles. The van der Waals surface area contributed by atoms with Gasteiger partial charge in [-0.2, -0.15) is 0 Å². The molecule has 104 valence electrons.